The van der Waals surface area contributed by atoms with Crippen molar-refractivity contribution in [3.05, 3.63) is 77.5 Å². The average Bonchev–Trinajstić information content (AvgIpc) is 3.30. The second-order valence-electron chi connectivity index (χ2n) is 7.22. The molecule has 3 aliphatic heterocycles. The van der Waals surface area contributed by atoms with Gasteiger partial charge in [0.2, 0.25) is 0 Å². The van der Waals surface area contributed by atoms with E-state index in [9.17, 15) is 18.4 Å². The Kier molecular flexibility index (Phi) is 4.05. The molecular formula is C21H16F2N4O3. The summed E-state index contributed by atoms with van der Waals surface area (Å²) in [5.74, 6) is -0.751. The molecule has 1 saturated heterocycles. The van der Waals surface area contributed by atoms with Crippen LogP contribution in [0.3, 0.4) is 0 Å². The minimum atomic E-state index is -0.777. The number of ether oxygens (including phenoxy) is 1. The second-order valence-corrected chi connectivity index (χ2v) is 7.22. The SMILES string of the molecule is CN1C(=O)N(Cc2ccc(F)cc2)C(=O)C2C1N=C1OC(c3ccc(F)cc3)=CN12. The van der Waals surface area contributed by atoms with E-state index in [1.807, 2.05) is 0 Å². The van der Waals surface area contributed by atoms with Gasteiger partial charge in [-0.2, -0.15) is 0 Å². The van der Waals surface area contributed by atoms with Crippen molar-refractivity contribution in [2.75, 3.05) is 7.05 Å². The van der Waals surface area contributed by atoms with Gasteiger partial charge in [0, 0.05) is 12.6 Å². The molecule has 0 aromatic heterocycles. The fourth-order valence-electron chi connectivity index (χ4n) is 3.75. The topological polar surface area (TPSA) is 65.5 Å². The van der Waals surface area contributed by atoms with Crippen molar-refractivity contribution < 1.29 is 23.1 Å². The largest absolute Gasteiger partial charge is 0.423 e. The number of urea groups is 1. The first-order chi connectivity index (χ1) is 14.4. The van der Waals surface area contributed by atoms with Crippen molar-refractivity contribution in [1.29, 1.82) is 0 Å². The van der Waals surface area contributed by atoms with Crippen LogP contribution >= 0.6 is 0 Å². The van der Waals surface area contributed by atoms with Crippen LogP contribution in [0.1, 0.15) is 11.1 Å². The third-order valence-electron chi connectivity index (χ3n) is 5.33. The quantitative estimate of drug-likeness (QED) is 0.781. The monoisotopic (exact) mass is 410 g/mol. The van der Waals surface area contributed by atoms with Gasteiger partial charge in [0.15, 0.2) is 18.0 Å². The lowest BCUT2D eigenvalue weighted by molar-refractivity contribution is -0.137. The van der Waals surface area contributed by atoms with E-state index in [-0.39, 0.29) is 18.4 Å². The van der Waals surface area contributed by atoms with E-state index < -0.39 is 30.0 Å². The van der Waals surface area contributed by atoms with Gasteiger partial charge < -0.3 is 9.64 Å². The number of hydrogen-bond acceptors (Lipinski definition) is 5. The van der Waals surface area contributed by atoms with Gasteiger partial charge in [-0.15, -0.1) is 0 Å². The van der Waals surface area contributed by atoms with Crippen molar-refractivity contribution in [1.82, 2.24) is 14.7 Å². The van der Waals surface area contributed by atoms with Crippen LogP contribution in [0.4, 0.5) is 13.6 Å². The van der Waals surface area contributed by atoms with Crippen LogP contribution in [0, 0.1) is 11.6 Å². The summed E-state index contributed by atoms with van der Waals surface area (Å²) in [6, 6.07) is 10.3. The Morgan fingerprint density at radius 2 is 1.63 bits per heavy atom. The molecule has 0 aliphatic carbocycles. The van der Waals surface area contributed by atoms with Crippen LogP contribution in [-0.4, -0.2) is 51.9 Å². The maximum absolute atomic E-state index is 13.2. The molecule has 5 rings (SSSR count). The van der Waals surface area contributed by atoms with E-state index in [1.165, 1.54) is 41.3 Å². The molecule has 0 spiro atoms. The van der Waals surface area contributed by atoms with E-state index in [2.05, 4.69) is 4.99 Å². The van der Waals surface area contributed by atoms with Gasteiger partial charge >= 0.3 is 6.03 Å². The number of nitrogens with zero attached hydrogens (tertiary/aromatic N) is 4. The highest BCUT2D eigenvalue weighted by Gasteiger charge is 2.54. The molecule has 1 fully saturated rings. The molecule has 30 heavy (non-hydrogen) atoms. The van der Waals surface area contributed by atoms with E-state index in [0.717, 1.165) is 4.90 Å². The Bertz CT molecular complexity index is 1100. The number of fused-ring (bicyclic) bond motifs is 3. The molecule has 0 saturated carbocycles. The zero-order chi connectivity index (χ0) is 21.0. The summed E-state index contributed by atoms with van der Waals surface area (Å²) in [5.41, 5.74) is 1.27. The Morgan fingerprint density at radius 3 is 2.30 bits per heavy atom. The summed E-state index contributed by atoms with van der Waals surface area (Å²) in [6.45, 7) is 0.0179. The number of aliphatic imine (C=N–C) groups is 1. The van der Waals surface area contributed by atoms with Crippen LogP contribution in [0.2, 0.25) is 0 Å². The van der Waals surface area contributed by atoms with Crippen LogP contribution in [0.5, 0.6) is 0 Å². The minimum Gasteiger partial charge on any atom is -0.423 e. The molecular weight excluding hydrogens is 394 g/mol. The van der Waals surface area contributed by atoms with E-state index in [4.69, 9.17) is 4.74 Å². The number of imide groups is 1. The predicted molar refractivity (Wildman–Crippen MR) is 102 cm³/mol. The summed E-state index contributed by atoms with van der Waals surface area (Å²) >= 11 is 0. The number of rotatable bonds is 3. The zero-order valence-corrected chi connectivity index (χ0v) is 15.8. The van der Waals surface area contributed by atoms with Crippen LogP contribution in [0.25, 0.3) is 5.76 Å². The van der Waals surface area contributed by atoms with E-state index in [0.29, 0.717) is 16.9 Å². The molecule has 2 aromatic rings. The second kappa shape index (κ2) is 6.65. The molecule has 7 nitrogen and oxygen atoms in total. The Balaban J connectivity index is 1.43. The first kappa shape index (κ1) is 18.3. The lowest BCUT2D eigenvalue weighted by atomic mass is 10.1. The predicted octanol–water partition coefficient (Wildman–Crippen LogP) is 2.75. The number of halogens is 2. The van der Waals surface area contributed by atoms with Gasteiger partial charge in [-0.05, 0) is 42.0 Å². The fraction of sp³-hybridized carbons (Fsp3) is 0.190. The number of carbonyl (C=O) groups is 2. The molecule has 3 aliphatic rings. The first-order valence-corrected chi connectivity index (χ1v) is 9.27. The van der Waals surface area contributed by atoms with Crippen LogP contribution < -0.4 is 0 Å². The molecule has 0 radical (unpaired) electrons. The number of amidine groups is 1. The lowest BCUT2D eigenvalue weighted by Crippen LogP contribution is -2.63. The summed E-state index contributed by atoms with van der Waals surface area (Å²) in [7, 11) is 1.57. The molecule has 3 heterocycles. The van der Waals surface area contributed by atoms with Crippen molar-refractivity contribution >= 4 is 23.7 Å². The minimum absolute atomic E-state index is 0.0179. The highest BCUT2D eigenvalue weighted by molar-refractivity contribution is 6.04. The van der Waals surface area contributed by atoms with Crippen molar-refractivity contribution in [3.63, 3.8) is 0 Å². The van der Waals surface area contributed by atoms with Gasteiger partial charge in [0.1, 0.15) is 11.6 Å². The highest BCUT2D eigenvalue weighted by atomic mass is 19.1. The molecule has 2 aromatic carbocycles. The molecule has 3 amide bonds. The van der Waals surface area contributed by atoms with Gasteiger partial charge in [0.05, 0.1) is 12.7 Å². The van der Waals surface area contributed by atoms with Gasteiger partial charge in [-0.3, -0.25) is 14.6 Å². The third kappa shape index (κ3) is 2.81. The van der Waals surface area contributed by atoms with E-state index in [1.54, 1.807) is 30.3 Å². The Morgan fingerprint density at radius 1 is 1.00 bits per heavy atom. The Labute approximate surface area is 170 Å². The normalized spacial score (nSPS) is 22.6. The fourth-order valence-corrected chi connectivity index (χ4v) is 3.75. The number of benzene rings is 2. The molecule has 9 heteroatoms. The first-order valence-electron chi connectivity index (χ1n) is 9.27. The van der Waals surface area contributed by atoms with Crippen molar-refractivity contribution in [2.45, 2.75) is 18.8 Å². The average molecular weight is 410 g/mol. The smallest absolute Gasteiger partial charge is 0.328 e. The van der Waals surface area contributed by atoms with Gasteiger partial charge in [-0.1, -0.05) is 12.1 Å². The van der Waals surface area contributed by atoms with Crippen LogP contribution in [0.15, 0.2) is 59.7 Å². The van der Waals surface area contributed by atoms with Crippen molar-refractivity contribution in [3.8, 4) is 0 Å². The number of hydrogen-bond donors (Lipinski definition) is 0. The summed E-state index contributed by atoms with van der Waals surface area (Å²) < 4.78 is 32.1. The lowest BCUT2D eigenvalue weighted by Gasteiger charge is -2.39. The van der Waals surface area contributed by atoms with E-state index >= 15 is 0 Å². The van der Waals surface area contributed by atoms with Crippen LogP contribution in [-0.2, 0) is 16.1 Å². The standard InChI is InChI=1S/C21H16F2N4O3/c1-25-18-17(19(28)27(21(25)29)10-12-2-6-14(22)7-3-12)26-11-16(30-20(26)24-18)13-4-8-15(23)9-5-13/h2-9,11,17-18H,10H2,1H3. The maximum atomic E-state index is 13.2. The maximum Gasteiger partial charge on any atom is 0.328 e. The van der Waals surface area contributed by atoms with Gasteiger partial charge in [-0.25, -0.2) is 18.6 Å². The third-order valence-corrected chi connectivity index (χ3v) is 5.33. The molecule has 0 N–H and O–H groups in total. The summed E-state index contributed by atoms with van der Waals surface area (Å²) in [4.78, 5) is 34.5. The Hall–Kier alpha value is -3.75. The number of amides is 3. The number of carbonyl (C=O) groups excluding carboxylic acids is 2. The summed E-state index contributed by atoms with van der Waals surface area (Å²) in [6.07, 6.45) is 0.921. The van der Waals surface area contributed by atoms with Crippen molar-refractivity contribution in [2.24, 2.45) is 4.99 Å². The molecule has 0 bridgehead atoms. The molecule has 2 unspecified atom stereocenters. The molecule has 152 valence electrons. The molecule has 2 atom stereocenters. The number of likely N-dealkylation sites (N-methyl/N-ethyl adjacent to an activating group) is 1. The van der Waals surface area contributed by atoms with Gasteiger partial charge in [0.25, 0.3) is 11.9 Å². The zero-order valence-electron chi connectivity index (χ0n) is 15.8. The highest BCUT2D eigenvalue weighted by Crippen LogP contribution is 2.35. The summed E-state index contributed by atoms with van der Waals surface area (Å²) in [5, 5.41) is 0.